The van der Waals surface area contributed by atoms with Crippen LogP contribution < -0.4 is 0 Å². The molecule has 0 saturated heterocycles. The van der Waals surface area contributed by atoms with Crippen LogP contribution in [-0.2, 0) is 13.5 Å². The van der Waals surface area contributed by atoms with Crippen molar-refractivity contribution >= 4 is 33.2 Å². The standard InChI is InChI=1S/C29H21N3/c1-32-28-12-5-4-9-23(28)24-10-6-11-25(29(24)32)27-17-26(30-31-27)19-13-14-22-20(16-19)15-18-7-2-3-8-21(18)22/h2-14,16H,15,17H2,1H3. The molecule has 4 aromatic carbocycles. The molecule has 0 radical (unpaired) electrons. The summed E-state index contributed by atoms with van der Waals surface area (Å²) in [6, 6.07) is 30.6. The van der Waals surface area contributed by atoms with Crippen LogP contribution in [0.15, 0.2) is 95.1 Å². The Kier molecular flexibility index (Phi) is 3.59. The maximum atomic E-state index is 4.65. The summed E-state index contributed by atoms with van der Waals surface area (Å²) in [4.78, 5) is 0. The highest BCUT2D eigenvalue weighted by Gasteiger charge is 2.23. The van der Waals surface area contributed by atoms with Gasteiger partial charge < -0.3 is 4.57 Å². The van der Waals surface area contributed by atoms with E-state index < -0.39 is 0 Å². The second kappa shape index (κ2) is 6.51. The fourth-order valence-electron chi connectivity index (χ4n) is 5.45. The molecule has 2 aliphatic rings. The predicted molar refractivity (Wildman–Crippen MR) is 133 cm³/mol. The van der Waals surface area contributed by atoms with Crippen molar-refractivity contribution in [1.29, 1.82) is 0 Å². The highest BCUT2D eigenvalue weighted by molar-refractivity contribution is 6.25. The summed E-state index contributed by atoms with van der Waals surface area (Å²) in [5.41, 5.74) is 12.4. The Labute approximate surface area is 186 Å². The van der Waals surface area contributed by atoms with Crippen LogP contribution in [0.2, 0.25) is 0 Å². The van der Waals surface area contributed by atoms with Gasteiger partial charge in [0.15, 0.2) is 0 Å². The quantitative estimate of drug-likeness (QED) is 0.311. The summed E-state index contributed by atoms with van der Waals surface area (Å²) in [7, 11) is 2.14. The van der Waals surface area contributed by atoms with Crippen molar-refractivity contribution in [3.63, 3.8) is 0 Å². The van der Waals surface area contributed by atoms with Gasteiger partial charge in [0, 0.05) is 35.3 Å². The van der Waals surface area contributed by atoms with E-state index in [2.05, 4.69) is 107 Å². The van der Waals surface area contributed by atoms with Crippen molar-refractivity contribution in [2.45, 2.75) is 12.8 Å². The molecule has 3 nitrogen and oxygen atoms in total. The van der Waals surface area contributed by atoms with Gasteiger partial charge in [0.1, 0.15) is 0 Å². The summed E-state index contributed by atoms with van der Waals surface area (Å²) in [5.74, 6) is 0. The van der Waals surface area contributed by atoms with Gasteiger partial charge in [-0.15, -0.1) is 0 Å². The fourth-order valence-corrected chi connectivity index (χ4v) is 5.45. The Morgan fingerprint density at radius 1 is 0.625 bits per heavy atom. The molecule has 1 aliphatic carbocycles. The van der Waals surface area contributed by atoms with Gasteiger partial charge >= 0.3 is 0 Å². The number of aromatic nitrogens is 1. The van der Waals surface area contributed by atoms with Crippen molar-refractivity contribution < 1.29 is 0 Å². The molecule has 3 heteroatoms. The third kappa shape index (κ3) is 2.42. The van der Waals surface area contributed by atoms with Gasteiger partial charge in [0.2, 0.25) is 0 Å². The molecule has 0 spiro atoms. The number of nitrogens with zero attached hydrogens (tertiary/aromatic N) is 3. The monoisotopic (exact) mass is 411 g/mol. The molecular formula is C29H21N3. The number of rotatable bonds is 2. The Hall–Kier alpha value is -3.98. The Bertz CT molecular complexity index is 1630. The zero-order chi connectivity index (χ0) is 21.2. The largest absolute Gasteiger partial charge is 0.343 e. The summed E-state index contributed by atoms with van der Waals surface area (Å²) in [6.45, 7) is 0. The maximum absolute atomic E-state index is 4.65. The molecule has 0 N–H and O–H groups in total. The molecule has 0 fully saturated rings. The highest BCUT2D eigenvalue weighted by atomic mass is 15.2. The van der Waals surface area contributed by atoms with E-state index in [4.69, 9.17) is 0 Å². The first-order valence-corrected chi connectivity index (χ1v) is 11.1. The summed E-state index contributed by atoms with van der Waals surface area (Å²) < 4.78 is 2.28. The van der Waals surface area contributed by atoms with Gasteiger partial charge in [-0.05, 0) is 46.4 Å². The first-order valence-electron chi connectivity index (χ1n) is 11.1. The smallest absolute Gasteiger partial charge is 0.0784 e. The second-order valence-electron chi connectivity index (χ2n) is 8.75. The average molecular weight is 412 g/mol. The lowest BCUT2D eigenvalue weighted by Gasteiger charge is -2.08. The second-order valence-corrected chi connectivity index (χ2v) is 8.75. The number of fused-ring (bicyclic) bond motifs is 6. The van der Waals surface area contributed by atoms with Crippen LogP contribution in [0.4, 0.5) is 0 Å². The van der Waals surface area contributed by atoms with Crippen LogP contribution in [0.1, 0.15) is 28.7 Å². The maximum Gasteiger partial charge on any atom is 0.0784 e. The Balaban J connectivity index is 1.25. The molecule has 5 aromatic rings. The number of benzene rings is 4. The number of hydrogen-bond donors (Lipinski definition) is 0. The summed E-state index contributed by atoms with van der Waals surface area (Å²) >= 11 is 0. The molecule has 2 heterocycles. The van der Waals surface area contributed by atoms with E-state index in [0.29, 0.717) is 0 Å². The lowest BCUT2D eigenvalue weighted by molar-refractivity contribution is 1.01. The number of aryl methyl sites for hydroxylation is 1. The van der Waals surface area contributed by atoms with Crippen LogP contribution in [0.3, 0.4) is 0 Å². The van der Waals surface area contributed by atoms with Crippen molar-refractivity contribution in [2.75, 3.05) is 0 Å². The first kappa shape index (κ1) is 17.7. The van der Waals surface area contributed by atoms with Crippen molar-refractivity contribution in [2.24, 2.45) is 17.3 Å². The number of para-hydroxylation sites is 2. The van der Waals surface area contributed by atoms with Crippen LogP contribution >= 0.6 is 0 Å². The average Bonchev–Trinajstić information content (AvgIpc) is 3.54. The molecule has 0 unspecified atom stereocenters. The minimum atomic E-state index is 0.756. The van der Waals surface area contributed by atoms with Crippen LogP contribution in [0.5, 0.6) is 0 Å². The van der Waals surface area contributed by atoms with Crippen molar-refractivity contribution in [1.82, 2.24) is 4.57 Å². The van der Waals surface area contributed by atoms with E-state index in [-0.39, 0.29) is 0 Å². The topological polar surface area (TPSA) is 29.6 Å². The van der Waals surface area contributed by atoms with E-state index in [1.54, 1.807) is 0 Å². The molecular weight excluding hydrogens is 390 g/mol. The third-order valence-corrected chi connectivity index (χ3v) is 6.99. The van der Waals surface area contributed by atoms with Gasteiger partial charge in [-0.2, -0.15) is 10.2 Å². The van der Waals surface area contributed by atoms with Gasteiger partial charge in [-0.3, -0.25) is 0 Å². The normalized spacial score (nSPS) is 14.5. The molecule has 7 rings (SSSR count). The van der Waals surface area contributed by atoms with Crippen molar-refractivity contribution in [3.05, 3.63) is 107 Å². The van der Waals surface area contributed by atoms with E-state index in [1.165, 1.54) is 55.2 Å². The third-order valence-electron chi connectivity index (χ3n) is 6.99. The molecule has 32 heavy (non-hydrogen) atoms. The van der Waals surface area contributed by atoms with Gasteiger partial charge in [0.05, 0.1) is 16.9 Å². The van der Waals surface area contributed by atoms with Gasteiger partial charge in [-0.25, -0.2) is 0 Å². The van der Waals surface area contributed by atoms with Gasteiger partial charge in [-0.1, -0.05) is 72.8 Å². The van der Waals surface area contributed by atoms with Crippen LogP contribution in [0, 0.1) is 0 Å². The minimum absolute atomic E-state index is 0.756. The molecule has 152 valence electrons. The molecule has 0 atom stereocenters. The van der Waals surface area contributed by atoms with Crippen LogP contribution in [-0.4, -0.2) is 16.0 Å². The molecule has 0 amide bonds. The highest BCUT2D eigenvalue weighted by Crippen LogP contribution is 2.37. The fraction of sp³-hybridized carbons (Fsp3) is 0.103. The SMILES string of the molecule is Cn1c2ccccc2c2cccc(C3=NN=C(c4ccc5c(c4)Cc4ccccc4-5)C3)c21. The lowest BCUT2D eigenvalue weighted by atomic mass is 9.96. The zero-order valence-electron chi connectivity index (χ0n) is 17.8. The zero-order valence-corrected chi connectivity index (χ0v) is 17.8. The van der Waals surface area contributed by atoms with Crippen LogP contribution in [0.25, 0.3) is 32.9 Å². The molecule has 1 aromatic heterocycles. The Morgan fingerprint density at radius 3 is 2.34 bits per heavy atom. The summed E-state index contributed by atoms with van der Waals surface area (Å²) in [6.07, 6.45) is 1.75. The first-order chi connectivity index (χ1) is 15.8. The van der Waals surface area contributed by atoms with Crippen molar-refractivity contribution in [3.8, 4) is 11.1 Å². The molecule has 1 aliphatic heterocycles. The molecule has 0 bridgehead atoms. The van der Waals surface area contributed by atoms with E-state index in [1.807, 2.05) is 0 Å². The predicted octanol–water partition coefficient (Wildman–Crippen LogP) is 6.50. The van der Waals surface area contributed by atoms with E-state index in [0.717, 1.165) is 24.3 Å². The lowest BCUT2D eigenvalue weighted by Crippen LogP contribution is -2.07. The number of hydrogen-bond acceptors (Lipinski definition) is 2. The molecule has 0 saturated carbocycles. The summed E-state index contributed by atoms with van der Waals surface area (Å²) in [5, 5.41) is 11.8. The minimum Gasteiger partial charge on any atom is -0.343 e. The van der Waals surface area contributed by atoms with Gasteiger partial charge in [0.25, 0.3) is 0 Å². The van der Waals surface area contributed by atoms with E-state index >= 15 is 0 Å². The van der Waals surface area contributed by atoms with E-state index in [9.17, 15) is 0 Å². The Morgan fingerprint density at radius 2 is 1.38 bits per heavy atom.